The number of amides is 2. The number of aromatic nitrogens is 6. The van der Waals surface area contributed by atoms with Crippen LogP contribution in [0.25, 0.3) is 11.3 Å². The molecule has 7 aromatic rings. The van der Waals surface area contributed by atoms with Crippen molar-refractivity contribution in [3.63, 3.8) is 0 Å². The molecule has 2 aliphatic rings. The molecule has 9 rings (SSSR count). The summed E-state index contributed by atoms with van der Waals surface area (Å²) in [5, 5.41) is 20.4. The van der Waals surface area contributed by atoms with E-state index < -0.39 is 23.3 Å². The lowest BCUT2D eigenvalue weighted by Crippen LogP contribution is -2.27. The van der Waals surface area contributed by atoms with Crippen LogP contribution in [0.2, 0.25) is 5.15 Å². The fourth-order valence-electron chi connectivity index (χ4n) is 6.47. The summed E-state index contributed by atoms with van der Waals surface area (Å²) in [6.07, 6.45) is 6.90. The number of benzene rings is 3. The molecule has 0 saturated heterocycles. The number of carbonyl (C=O) groups is 2. The van der Waals surface area contributed by atoms with E-state index in [4.69, 9.17) is 26.8 Å². The van der Waals surface area contributed by atoms with Crippen LogP contribution >= 0.6 is 11.6 Å². The van der Waals surface area contributed by atoms with Gasteiger partial charge in [-0.2, -0.15) is 5.10 Å². The van der Waals surface area contributed by atoms with E-state index >= 15 is 0 Å². The number of ether oxygens (including phenoxy) is 3. The minimum atomic E-state index is -1.09. The molecular weight excluding hydrogens is 888 g/mol. The van der Waals surface area contributed by atoms with Crippen molar-refractivity contribution in [3.05, 3.63) is 118 Å². The Labute approximate surface area is 380 Å². The van der Waals surface area contributed by atoms with Gasteiger partial charge in [-0.25, -0.2) is 36.6 Å². The van der Waals surface area contributed by atoms with Gasteiger partial charge in [0.15, 0.2) is 56.9 Å². The van der Waals surface area contributed by atoms with Crippen LogP contribution in [0, 0.1) is 23.3 Å². The summed E-state index contributed by atoms with van der Waals surface area (Å²) in [6.45, 7) is 0.649. The first kappa shape index (κ1) is 46.4. The largest absolute Gasteiger partial charge is 0.497 e. The fourth-order valence-corrected chi connectivity index (χ4v) is 6.64. The second-order valence-electron chi connectivity index (χ2n) is 15.0. The molecule has 0 atom stereocenters. The molecule has 66 heavy (non-hydrogen) atoms. The van der Waals surface area contributed by atoms with Crippen LogP contribution < -0.4 is 46.1 Å². The second kappa shape index (κ2) is 20.1. The van der Waals surface area contributed by atoms with E-state index in [-0.39, 0.29) is 58.3 Å². The highest BCUT2D eigenvalue weighted by Gasteiger charge is 2.28. The van der Waals surface area contributed by atoms with E-state index in [9.17, 15) is 27.2 Å². The minimum absolute atomic E-state index is 0.115. The average molecular weight is 933 g/mol. The number of carbonyl (C=O) groups excluding carboxylic acids is 2. The van der Waals surface area contributed by atoms with Gasteiger partial charge in [-0.05, 0) is 67.6 Å². The topological polar surface area (TPSA) is 200 Å². The van der Waals surface area contributed by atoms with E-state index in [1.807, 2.05) is 36.2 Å². The Kier molecular flexibility index (Phi) is 14.1. The van der Waals surface area contributed by atoms with Gasteiger partial charge in [-0.1, -0.05) is 23.7 Å². The SMILES string of the molecule is CNc1cc(Nc2c(OC)ccc(F)c2F)nn2c(C(=O)NC3CC3)cnc12.COc1ccc(CN(C)c2cc(Cl)nn3c(C(=O)NC4CC4)cnc23)cc1.COc1ccc(F)c(F)c1N. The molecule has 22 heteroatoms. The van der Waals surface area contributed by atoms with Crippen molar-refractivity contribution in [2.75, 3.05) is 56.7 Å². The quantitative estimate of drug-likeness (QED) is 0.0577. The summed E-state index contributed by atoms with van der Waals surface area (Å²) >= 11 is 6.23. The molecular formula is C44H45ClF4N12O5. The lowest BCUT2D eigenvalue weighted by Gasteiger charge is -2.20. The zero-order valence-corrected chi connectivity index (χ0v) is 37.0. The lowest BCUT2D eigenvalue weighted by molar-refractivity contribution is 0.0935. The van der Waals surface area contributed by atoms with Crippen LogP contribution in [0.1, 0.15) is 52.2 Å². The van der Waals surface area contributed by atoms with Gasteiger partial charge in [0, 0.05) is 44.9 Å². The number of methoxy groups -OCH3 is 3. The lowest BCUT2D eigenvalue weighted by atomic mass is 10.2. The monoisotopic (exact) mass is 932 g/mol. The van der Waals surface area contributed by atoms with E-state index in [1.165, 1.54) is 41.6 Å². The molecule has 2 amide bonds. The van der Waals surface area contributed by atoms with E-state index in [0.717, 1.165) is 54.8 Å². The van der Waals surface area contributed by atoms with Gasteiger partial charge in [0.2, 0.25) is 0 Å². The molecule has 0 bridgehead atoms. The van der Waals surface area contributed by atoms with Crippen molar-refractivity contribution in [3.8, 4) is 17.2 Å². The summed E-state index contributed by atoms with van der Waals surface area (Å²) < 4.78 is 70.8. The van der Waals surface area contributed by atoms with Crippen LogP contribution in [0.5, 0.6) is 17.2 Å². The van der Waals surface area contributed by atoms with Gasteiger partial charge in [-0.3, -0.25) is 9.59 Å². The Bertz CT molecular complexity index is 2890. The molecule has 3 aromatic carbocycles. The van der Waals surface area contributed by atoms with Crippen molar-refractivity contribution >= 4 is 63.3 Å². The molecule has 2 fully saturated rings. The van der Waals surface area contributed by atoms with Gasteiger partial charge in [0.25, 0.3) is 11.8 Å². The Morgan fingerprint density at radius 3 is 1.89 bits per heavy atom. The zero-order valence-electron chi connectivity index (χ0n) is 36.3. The summed E-state index contributed by atoms with van der Waals surface area (Å²) in [5.41, 5.74) is 8.79. The number of rotatable bonds is 13. The second-order valence-corrected chi connectivity index (χ2v) is 15.4. The first-order valence-corrected chi connectivity index (χ1v) is 20.7. The third-order valence-corrected chi connectivity index (χ3v) is 10.5. The van der Waals surface area contributed by atoms with E-state index in [1.54, 1.807) is 32.5 Å². The molecule has 17 nitrogen and oxygen atoms in total. The number of imidazole rings is 2. The smallest absolute Gasteiger partial charge is 0.271 e. The first-order chi connectivity index (χ1) is 31.7. The highest BCUT2D eigenvalue weighted by molar-refractivity contribution is 6.29. The molecule has 2 saturated carbocycles. The molecule has 0 aliphatic heterocycles. The van der Waals surface area contributed by atoms with Crippen LogP contribution in [0.3, 0.4) is 0 Å². The molecule has 346 valence electrons. The standard InChI is InChI=1S/C19H20ClN5O2.C18H18F2N6O2.C7H7F2NO/c1-24(11-12-3-7-14(27-2)8-4-12)15-9-17(20)23-25-16(10-21-18(15)25)19(26)22-13-5-6-13;1-21-11-7-14(24-16-13(28-2)6-5-10(19)15(16)20)25-26-12(8-22-17(11)26)18(27)23-9-3-4-9;1-11-5-3-2-4(8)6(9)7(5)10/h3-4,7-10,13H,5-6,11H2,1-2H3,(H,22,26);5-9,21H,3-4H2,1-2H3,(H,23,27)(H,24,25);2-3H,10H2,1H3. The predicted molar refractivity (Wildman–Crippen MR) is 240 cm³/mol. The molecule has 4 heterocycles. The number of nitrogens with one attached hydrogen (secondary N) is 4. The summed E-state index contributed by atoms with van der Waals surface area (Å²) in [4.78, 5) is 35.6. The molecule has 0 unspecified atom stereocenters. The van der Waals surface area contributed by atoms with Crippen LogP contribution in [-0.4, -0.2) is 88.5 Å². The van der Waals surface area contributed by atoms with Crippen molar-refractivity contribution in [2.45, 2.75) is 44.3 Å². The van der Waals surface area contributed by atoms with Crippen LogP contribution in [0.15, 0.2) is 73.1 Å². The Hall–Kier alpha value is -7.55. The maximum Gasteiger partial charge on any atom is 0.271 e. The van der Waals surface area contributed by atoms with Crippen molar-refractivity contribution < 1.29 is 41.4 Å². The highest BCUT2D eigenvalue weighted by Crippen LogP contribution is 2.33. The Balaban J connectivity index is 0.000000161. The minimum Gasteiger partial charge on any atom is -0.497 e. The summed E-state index contributed by atoms with van der Waals surface area (Å²) in [5.74, 6) is -3.37. The maximum absolute atomic E-state index is 14.3. The van der Waals surface area contributed by atoms with E-state index in [2.05, 4.69) is 46.2 Å². The molecule has 0 spiro atoms. The van der Waals surface area contributed by atoms with Crippen molar-refractivity contribution in [2.24, 2.45) is 0 Å². The van der Waals surface area contributed by atoms with Gasteiger partial charge in [0.1, 0.15) is 28.6 Å². The Morgan fingerprint density at radius 1 is 0.773 bits per heavy atom. The predicted octanol–water partition coefficient (Wildman–Crippen LogP) is 7.17. The highest BCUT2D eigenvalue weighted by atomic mass is 35.5. The average Bonchev–Trinajstić information content (AvgIpc) is 4.23. The number of hydrogen-bond donors (Lipinski definition) is 5. The number of nitrogens with zero attached hydrogens (tertiary/aromatic N) is 7. The van der Waals surface area contributed by atoms with Gasteiger partial charge < -0.3 is 46.1 Å². The summed E-state index contributed by atoms with van der Waals surface area (Å²) in [6, 6.07) is 16.2. The number of nitrogen functional groups attached to an aromatic ring is 1. The third-order valence-electron chi connectivity index (χ3n) is 10.3. The fraction of sp³-hybridized carbons (Fsp3) is 0.273. The summed E-state index contributed by atoms with van der Waals surface area (Å²) in [7, 11) is 7.97. The van der Waals surface area contributed by atoms with Crippen LogP contribution in [-0.2, 0) is 6.54 Å². The van der Waals surface area contributed by atoms with Gasteiger partial charge >= 0.3 is 0 Å². The normalized spacial score (nSPS) is 12.9. The molecule has 2 aliphatic carbocycles. The first-order valence-electron chi connectivity index (χ1n) is 20.4. The number of halogens is 5. The maximum atomic E-state index is 14.3. The molecule has 0 radical (unpaired) electrons. The number of fused-ring (bicyclic) bond motifs is 2. The van der Waals surface area contributed by atoms with E-state index in [0.29, 0.717) is 34.4 Å². The Morgan fingerprint density at radius 2 is 1.33 bits per heavy atom. The molecule has 4 aromatic heterocycles. The van der Waals surface area contributed by atoms with Crippen molar-refractivity contribution in [1.82, 2.24) is 39.8 Å². The zero-order chi connectivity index (χ0) is 47.2. The van der Waals surface area contributed by atoms with Gasteiger partial charge in [-0.15, -0.1) is 5.10 Å². The van der Waals surface area contributed by atoms with Gasteiger partial charge in [0.05, 0.1) is 45.1 Å². The number of anilines is 5. The number of hydrogen-bond acceptors (Lipinski definition) is 13. The van der Waals surface area contributed by atoms with Crippen LogP contribution in [0.4, 0.5) is 46.1 Å². The van der Waals surface area contributed by atoms with Crippen molar-refractivity contribution in [1.29, 1.82) is 0 Å². The third kappa shape index (κ3) is 10.5. The number of nitrogens with two attached hydrogens (primary N) is 1. The molecule has 6 N–H and O–H groups in total.